The minimum atomic E-state index is -5.01. The van der Waals surface area contributed by atoms with Gasteiger partial charge in [0.05, 0.1) is 25.4 Å². The number of aliphatic hydroxyl groups excluding tert-OH is 2. The molecule has 2 fully saturated rings. The first-order chi connectivity index (χ1) is 19.2. The zero-order chi connectivity index (χ0) is 28.7. The molecule has 0 bridgehead atoms. The molecule has 0 unspecified atom stereocenters. The second kappa shape index (κ2) is 13.8. The molecule has 2 saturated heterocycles. The number of likely N-dealkylation sites (tertiary alicyclic amines) is 1. The van der Waals surface area contributed by atoms with Crippen molar-refractivity contribution in [1.82, 2.24) is 10.2 Å². The van der Waals surface area contributed by atoms with E-state index in [2.05, 4.69) is 5.32 Å². The van der Waals surface area contributed by atoms with Gasteiger partial charge in [-0.1, -0.05) is 48.5 Å². The third-order valence-corrected chi connectivity index (χ3v) is 8.01. The van der Waals surface area contributed by atoms with Crippen LogP contribution in [0.1, 0.15) is 53.9 Å². The van der Waals surface area contributed by atoms with Crippen molar-refractivity contribution in [2.45, 2.75) is 63.1 Å². The summed E-state index contributed by atoms with van der Waals surface area (Å²) in [5.41, 5.74) is 3.26. The van der Waals surface area contributed by atoms with Gasteiger partial charge in [-0.3, -0.25) is 9.59 Å². The number of hydrogen-bond acceptors (Lipinski definition) is 7. The van der Waals surface area contributed by atoms with Crippen molar-refractivity contribution in [1.29, 1.82) is 0 Å². The topological polar surface area (TPSA) is 108 Å². The van der Waals surface area contributed by atoms with Crippen molar-refractivity contribution in [2.24, 2.45) is 0 Å². The summed E-state index contributed by atoms with van der Waals surface area (Å²) in [5, 5.41) is 21.1. The number of carbonyl (C=O) groups is 2. The summed E-state index contributed by atoms with van der Waals surface area (Å²) in [6.07, 6.45) is -4.87. The van der Waals surface area contributed by atoms with Crippen molar-refractivity contribution < 1.29 is 42.4 Å². The van der Waals surface area contributed by atoms with Crippen molar-refractivity contribution in [3.8, 4) is 0 Å². The normalized spacial score (nSPS) is 23.3. The fraction of sp³-hybridized carbons (Fsp3) is 0.500. The lowest BCUT2D eigenvalue weighted by molar-refractivity contribution is -0.245. The summed E-state index contributed by atoms with van der Waals surface area (Å²) < 4.78 is 51.1. The molecule has 12 heteroatoms. The van der Waals surface area contributed by atoms with Crippen LogP contribution < -0.4 is 5.32 Å². The number of benzene rings is 2. The van der Waals surface area contributed by atoms with Gasteiger partial charge in [0, 0.05) is 36.6 Å². The van der Waals surface area contributed by atoms with E-state index in [9.17, 15) is 27.9 Å². The molecule has 2 amide bonds. The van der Waals surface area contributed by atoms with Crippen LogP contribution in [-0.4, -0.2) is 69.9 Å². The fourth-order valence-electron chi connectivity index (χ4n) is 4.85. The van der Waals surface area contributed by atoms with Crippen molar-refractivity contribution >= 4 is 23.6 Å². The summed E-state index contributed by atoms with van der Waals surface area (Å²) in [5.74, 6) is -1.32. The molecule has 40 heavy (non-hydrogen) atoms. The van der Waals surface area contributed by atoms with Crippen LogP contribution >= 0.6 is 11.8 Å². The predicted octanol–water partition coefficient (Wildman–Crippen LogP) is 3.62. The highest BCUT2D eigenvalue weighted by Gasteiger charge is 2.47. The highest BCUT2D eigenvalue weighted by atomic mass is 32.2. The molecule has 0 radical (unpaired) electrons. The van der Waals surface area contributed by atoms with Gasteiger partial charge in [0.25, 0.3) is 0 Å². The molecule has 8 nitrogen and oxygen atoms in total. The van der Waals surface area contributed by atoms with Gasteiger partial charge in [0.15, 0.2) is 6.29 Å². The number of nitrogens with one attached hydrogen (secondary N) is 1. The number of nitrogens with zero attached hydrogens (tertiary/aromatic N) is 1. The Morgan fingerprint density at radius 2 is 1.68 bits per heavy atom. The number of carbonyl (C=O) groups excluding carboxylic acids is 2. The third-order valence-electron chi connectivity index (χ3n) is 6.93. The van der Waals surface area contributed by atoms with E-state index in [4.69, 9.17) is 14.6 Å². The number of rotatable bonds is 10. The molecule has 218 valence electrons. The Balaban J connectivity index is 1.39. The number of thioether (sulfide) groups is 1. The Hall–Kier alpha value is -2.64. The number of ether oxygens (including phenoxy) is 2. The molecule has 2 aliphatic heterocycles. The number of halogens is 3. The van der Waals surface area contributed by atoms with Crippen LogP contribution in [0.4, 0.5) is 13.2 Å². The second-order valence-electron chi connectivity index (χ2n) is 9.76. The number of aliphatic hydroxyl groups is 2. The maximum Gasteiger partial charge on any atom is 0.471 e. The minimum absolute atomic E-state index is 0.0463. The first-order valence-corrected chi connectivity index (χ1v) is 14.3. The highest BCUT2D eigenvalue weighted by molar-refractivity contribution is 7.99. The van der Waals surface area contributed by atoms with Gasteiger partial charge in [0.1, 0.15) is 6.04 Å². The molecule has 0 saturated carbocycles. The van der Waals surface area contributed by atoms with Gasteiger partial charge >= 0.3 is 12.1 Å². The van der Waals surface area contributed by atoms with Gasteiger partial charge in [-0.15, -0.1) is 0 Å². The lowest BCUT2D eigenvalue weighted by Crippen LogP contribution is -2.50. The zero-order valence-electron chi connectivity index (χ0n) is 21.8. The Labute approximate surface area is 234 Å². The smallest absolute Gasteiger partial charge is 0.396 e. The summed E-state index contributed by atoms with van der Waals surface area (Å²) in [7, 11) is 0. The summed E-state index contributed by atoms with van der Waals surface area (Å²) in [4.78, 5) is 24.8. The van der Waals surface area contributed by atoms with Crippen LogP contribution in [0.2, 0.25) is 0 Å². The lowest BCUT2D eigenvalue weighted by atomic mass is 10.0. The Kier molecular flexibility index (Phi) is 10.5. The van der Waals surface area contributed by atoms with E-state index in [1.165, 1.54) is 0 Å². The van der Waals surface area contributed by atoms with Crippen LogP contribution in [-0.2, 0) is 32.2 Å². The molecule has 0 spiro atoms. The first-order valence-electron chi connectivity index (χ1n) is 13.1. The molecule has 3 N–H and O–H groups in total. The predicted molar refractivity (Wildman–Crippen MR) is 142 cm³/mol. The molecule has 2 aliphatic rings. The van der Waals surface area contributed by atoms with E-state index in [0.29, 0.717) is 29.2 Å². The van der Waals surface area contributed by atoms with Crippen LogP contribution in [0.3, 0.4) is 0 Å². The number of hydrogen-bond donors (Lipinski definition) is 3. The Morgan fingerprint density at radius 1 is 1.00 bits per heavy atom. The monoisotopic (exact) mass is 582 g/mol. The SMILES string of the molecule is O=C(NCc1ccc([C@H]2O[C@@H](CSCCO)C[C@@H](c3ccc(CO)cc3)O2)cc1)[C@@H]1CCCN1C(=O)C(F)(F)F. The van der Waals surface area contributed by atoms with Gasteiger partial charge < -0.3 is 29.9 Å². The van der Waals surface area contributed by atoms with Gasteiger partial charge in [-0.25, -0.2) is 0 Å². The largest absolute Gasteiger partial charge is 0.471 e. The van der Waals surface area contributed by atoms with Gasteiger partial charge in [0.2, 0.25) is 5.91 Å². The molecule has 2 aromatic carbocycles. The zero-order valence-corrected chi connectivity index (χ0v) is 22.6. The molecule has 0 aliphatic carbocycles. The minimum Gasteiger partial charge on any atom is -0.396 e. The average molecular weight is 583 g/mol. The van der Waals surface area contributed by atoms with E-state index < -0.39 is 30.3 Å². The van der Waals surface area contributed by atoms with Crippen molar-refractivity contribution in [3.63, 3.8) is 0 Å². The molecule has 4 atom stereocenters. The molecular formula is C28H33F3N2O6S. The summed E-state index contributed by atoms with van der Waals surface area (Å²) in [6.45, 7) is 0.0308. The average Bonchev–Trinajstić information content (AvgIpc) is 3.45. The Morgan fingerprint density at radius 3 is 2.33 bits per heavy atom. The van der Waals surface area contributed by atoms with E-state index >= 15 is 0 Å². The van der Waals surface area contributed by atoms with Crippen molar-refractivity contribution in [3.05, 3.63) is 70.8 Å². The highest BCUT2D eigenvalue weighted by Crippen LogP contribution is 2.38. The maximum absolute atomic E-state index is 12.9. The number of alkyl halides is 3. The van der Waals surface area contributed by atoms with E-state index in [1.807, 2.05) is 36.4 Å². The van der Waals surface area contributed by atoms with Crippen LogP contribution in [0, 0.1) is 0 Å². The summed E-state index contributed by atoms with van der Waals surface area (Å²) >= 11 is 1.59. The van der Waals surface area contributed by atoms with Crippen molar-refractivity contribution in [2.75, 3.05) is 24.7 Å². The Bertz CT molecular complexity index is 1130. The van der Waals surface area contributed by atoms with E-state index in [1.54, 1.807) is 23.9 Å². The molecular weight excluding hydrogens is 549 g/mol. The second-order valence-corrected chi connectivity index (χ2v) is 10.9. The van der Waals surface area contributed by atoms with Crippen LogP contribution in [0.15, 0.2) is 48.5 Å². The fourth-order valence-corrected chi connectivity index (χ4v) is 5.62. The third kappa shape index (κ3) is 7.76. The van der Waals surface area contributed by atoms with E-state index in [0.717, 1.165) is 22.3 Å². The number of amides is 2. The van der Waals surface area contributed by atoms with E-state index in [-0.39, 0.29) is 44.9 Å². The lowest BCUT2D eigenvalue weighted by Gasteiger charge is -2.36. The summed E-state index contributed by atoms with van der Waals surface area (Å²) in [6, 6.07) is 13.6. The quantitative estimate of drug-likeness (QED) is 0.368. The van der Waals surface area contributed by atoms with Crippen LogP contribution in [0.25, 0.3) is 0 Å². The molecule has 2 aromatic rings. The van der Waals surface area contributed by atoms with Gasteiger partial charge in [-0.2, -0.15) is 24.9 Å². The first kappa shape index (κ1) is 30.3. The molecule has 0 aromatic heterocycles. The van der Waals surface area contributed by atoms with Crippen LogP contribution in [0.5, 0.6) is 0 Å². The van der Waals surface area contributed by atoms with Gasteiger partial charge in [-0.05, 0) is 29.5 Å². The molecule has 4 rings (SSSR count). The standard InChI is InChI=1S/C28H33F3N2O6S/c29-28(30,31)27(37)33-11-1-2-23(33)25(36)32-15-18-3-9-21(10-4-18)26-38-22(17-40-13-12-34)14-24(39-26)20-7-5-19(16-35)6-8-20/h3-10,22-24,26,34-35H,1-2,11-17H2,(H,32,36)/t22-,23+,24+,26+/m1/s1. The molecule has 2 heterocycles. The maximum atomic E-state index is 12.9.